The molecule has 1 saturated heterocycles. The first-order chi connectivity index (χ1) is 15.1. The minimum absolute atomic E-state index is 0.0422. The molecule has 1 fully saturated rings. The molecule has 0 aliphatic carbocycles. The van der Waals surface area contributed by atoms with Gasteiger partial charge in [0.25, 0.3) is 0 Å². The smallest absolute Gasteiger partial charge is 0.233 e. The van der Waals surface area contributed by atoms with E-state index in [1.54, 1.807) is 26.5 Å². The molecule has 1 aliphatic rings. The first-order valence-corrected chi connectivity index (χ1v) is 10.2. The van der Waals surface area contributed by atoms with Crippen LogP contribution in [0.2, 0.25) is 5.28 Å². The van der Waals surface area contributed by atoms with Gasteiger partial charge in [0.2, 0.25) is 11.2 Å². The highest BCUT2D eigenvalue weighted by molar-refractivity contribution is 6.28. The van der Waals surface area contributed by atoms with E-state index in [2.05, 4.69) is 24.8 Å². The molecule has 4 aromatic rings. The molecule has 31 heavy (non-hydrogen) atoms. The van der Waals surface area contributed by atoms with E-state index in [9.17, 15) is 0 Å². The fourth-order valence-corrected chi connectivity index (χ4v) is 4.01. The van der Waals surface area contributed by atoms with Crippen molar-refractivity contribution in [2.75, 3.05) is 32.2 Å². The number of rotatable bonds is 5. The fraction of sp³-hybridized carbons (Fsp3) is 0.273. The largest absolute Gasteiger partial charge is 0.493 e. The summed E-state index contributed by atoms with van der Waals surface area (Å²) in [5.74, 6) is 2.46. The van der Waals surface area contributed by atoms with Crippen LogP contribution in [-0.2, 0) is 0 Å². The van der Waals surface area contributed by atoms with Crippen LogP contribution in [0.4, 0.5) is 5.82 Å². The van der Waals surface area contributed by atoms with Crippen molar-refractivity contribution in [3.05, 3.63) is 47.9 Å². The topological polar surface area (TPSA) is 82.5 Å². The van der Waals surface area contributed by atoms with Crippen LogP contribution in [0, 0.1) is 0 Å². The molecule has 1 atom stereocenters. The summed E-state index contributed by atoms with van der Waals surface area (Å²) in [4.78, 5) is 20.0. The Labute approximate surface area is 183 Å². The van der Waals surface area contributed by atoms with E-state index in [1.807, 2.05) is 30.3 Å². The van der Waals surface area contributed by atoms with Crippen molar-refractivity contribution in [1.29, 1.82) is 0 Å². The zero-order valence-corrected chi connectivity index (χ0v) is 17.8. The SMILES string of the molecule is COc1cc2nc(Cl)nc(N3CCC(Oc4cnc5ccccc5n4)C3)c2cc1OC. The average molecular weight is 438 g/mol. The zero-order chi connectivity index (χ0) is 21.4. The number of fused-ring (bicyclic) bond motifs is 2. The highest BCUT2D eigenvalue weighted by atomic mass is 35.5. The van der Waals surface area contributed by atoms with E-state index in [-0.39, 0.29) is 11.4 Å². The second-order valence-electron chi connectivity index (χ2n) is 7.21. The van der Waals surface area contributed by atoms with Crippen molar-refractivity contribution in [3.63, 3.8) is 0 Å². The molecule has 2 aromatic carbocycles. The van der Waals surface area contributed by atoms with Crippen molar-refractivity contribution < 1.29 is 14.2 Å². The highest BCUT2D eigenvalue weighted by Gasteiger charge is 2.28. The maximum absolute atomic E-state index is 6.22. The Bertz CT molecular complexity index is 1270. The lowest BCUT2D eigenvalue weighted by atomic mass is 10.2. The summed E-state index contributed by atoms with van der Waals surface area (Å²) >= 11 is 6.22. The van der Waals surface area contributed by atoms with Gasteiger partial charge in [-0.2, -0.15) is 4.98 Å². The van der Waals surface area contributed by atoms with Gasteiger partial charge < -0.3 is 19.1 Å². The molecule has 2 aromatic heterocycles. The van der Waals surface area contributed by atoms with Crippen molar-refractivity contribution in [2.45, 2.75) is 12.5 Å². The number of ether oxygens (including phenoxy) is 3. The van der Waals surface area contributed by atoms with Crippen LogP contribution in [-0.4, -0.2) is 53.3 Å². The monoisotopic (exact) mass is 437 g/mol. The Morgan fingerprint density at radius 3 is 2.55 bits per heavy atom. The van der Waals surface area contributed by atoms with Gasteiger partial charge in [-0.3, -0.25) is 0 Å². The highest BCUT2D eigenvalue weighted by Crippen LogP contribution is 2.36. The van der Waals surface area contributed by atoms with E-state index in [0.29, 0.717) is 29.4 Å². The maximum Gasteiger partial charge on any atom is 0.233 e. The first kappa shape index (κ1) is 19.6. The van der Waals surface area contributed by atoms with Gasteiger partial charge in [0.1, 0.15) is 11.9 Å². The molecule has 158 valence electrons. The number of aromatic nitrogens is 4. The Balaban J connectivity index is 1.42. The molecule has 5 rings (SSSR count). The van der Waals surface area contributed by atoms with Gasteiger partial charge in [-0.05, 0) is 29.8 Å². The molecular weight excluding hydrogens is 418 g/mol. The van der Waals surface area contributed by atoms with Crippen LogP contribution < -0.4 is 19.1 Å². The minimum atomic E-state index is -0.0422. The third kappa shape index (κ3) is 3.74. The number of anilines is 1. The third-order valence-corrected chi connectivity index (χ3v) is 5.48. The number of halogens is 1. The van der Waals surface area contributed by atoms with Crippen molar-refractivity contribution in [1.82, 2.24) is 19.9 Å². The van der Waals surface area contributed by atoms with Crippen molar-refractivity contribution >= 4 is 39.4 Å². The first-order valence-electron chi connectivity index (χ1n) is 9.87. The molecule has 0 radical (unpaired) electrons. The number of benzene rings is 2. The summed E-state index contributed by atoms with van der Waals surface area (Å²) < 4.78 is 17.0. The predicted molar refractivity (Wildman–Crippen MR) is 118 cm³/mol. The van der Waals surface area contributed by atoms with E-state index in [0.717, 1.165) is 35.2 Å². The van der Waals surface area contributed by atoms with Crippen LogP contribution in [0.25, 0.3) is 21.9 Å². The van der Waals surface area contributed by atoms with Gasteiger partial charge in [0.05, 0.1) is 43.5 Å². The number of hydrogen-bond acceptors (Lipinski definition) is 8. The van der Waals surface area contributed by atoms with E-state index < -0.39 is 0 Å². The summed E-state index contributed by atoms with van der Waals surface area (Å²) in [6.45, 7) is 1.41. The average Bonchev–Trinajstić information content (AvgIpc) is 3.25. The molecule has 0 bridgehead atoms. The van der Waals surface area contributed by atoms with Gasteiger partial charge in [-0.15, -0.1) is 0 Å². The number of nitrogens with zero attached hydrogens (tertiary/aromatic N) is 5. The Hall–Kier alpha value is -3.39. The Kier molecular flexibility index (Phi) is 5.07. The number of methoxy groups -OCH3 is 2. The van der Waals surface area contributed by atoms with Crippen LogP contribution in [0.5, 0.6) is 17.4 Å². The third-order valence-electron chi connectivity index (χ3n) is 5.31. The van der Waals surface area contributed by atoms with Crippen LogP contribution in [0.3, 0.4) is 0 Å². The summed E-state index contributed by atoms with van der Waals surface area (Å²) in [5, 5.41) is 1.02. The quantitative estimate of drug-likeness (QED) is 0.435. The molecule has 1 unspecified atom stereocenters. The molecule has 0 N–H and O–H groups in total. The second-order valence-corrected chi connectivity index (χ2v) is 7.55. The summed E-state index contributed by atoms with van der Waals surface area (Å²) in [7, 11) is 3.19. The van der Waals surface area contributed by atoms with Crippen molar-refractivity contribution in [3.8, 4) is 17.4 Å². The summed E-state index contributed by atoms with van der Waals surface area (Å²) in [6.07, 6.45) is 2.45. The van der Waals surface area contributed by atoms with Gasteiger partial charge >= 0.3 is 0 Å². The van der Waals surface area contributed by atoms with E-state index in [1.165, 1.54) is 0 Å². The molecule has 9 heteroatoms. The van der Waals surface area contributed by atoms with Crippen molar-refractivity contribution in [2.24, 2.45) is 0 Å². The maximum atomic E-state index is 6.22. The lowest BCUT2D eigenvalue weighted by Crippen LogP contribution is -2.26. The van der Waals surface area contributed by atoms with Gasteiger partial charge in [-0.25, -0.2) is 15.0 Å². The Morgan fingerprint density at radius 2 is 1.74 bits per heavy atom. The van der Waals surface area contributed by atoms with Gasteiger partial charge in [-0.1, -0.05) is 12.1 Å². The molecule has 0 spiro atoms. The van der Waals surface area contributed by atoms with Crippen LogP contribution >= 0.6 is 11.6 Å². The van der Waals surface area contributed by atoms with E-state index >= 15 is 0 Å². The van der Waals surface area contributed by atoms with E-state index in [4.69, 9.17) is 25.8 Å². The molecule has 0 amide bonds. The Morgan fingerprint density at radius 1 is 0.968 bits per heavy atom. The fourth-order valence-electron chi connectivity index (χ4n) is 3.84. The molecule has 1 aliphatic heterocycles. The molecule has 8 nitrogen and oxygen atoms in total. The van der Waals surface area contributed by atoms with Crippen LogP contribution in [0.1, 0.15) is 6.42 Å². The number of para-hydroxylation sites is 2. The lowest BCUT2D eigenvalue weighted by molar-refractivity contribution is 0.216. The van der Waals surface area contributed by atoms with Gasteiger partial charge in [0.15, 0.2) is 11.5 Å². The van der Waals surface area contributed by atoms with Gasteiger partial charge in [0, 0.05) is 24.4 Å². The van der Waals surface area contributed by atoms with Crippen LogP contribution in [0.15, 0.2) is 42.6 Å². The summed E-state index contributed by atoms with van der Waals surface area (Å²) in [6, 6.07) is 11.4. The normalized spacial score (nSPS) is 16.1. The molecular formula is C22H20ClN5O3. The second kappa shape index (κ2) is 8.03. The zero-order valence-electron chi connectivity index (χ0n) is 17.1. The number of hydrogen-bond donors (Lipinski definition) is 0. The molecule has 3 heterocycles. The molecule has 0 saturated carbocycles. The standard InChI is InChI=1S/C22H20ClN5O3/c1-29-18-9-14-17(10-19(18)30-2)26-22(23)27-21(14)28-8-7-13(12-28)31-20-11-24-15-5-3-4-6-16(15)25-20/h3-6,9-11,13H,7-8,12H2,1-2H3. The minimum Gasteiger partial charge on any atom is -0.493 e. The predicted octanol–water partition coefficient (Wildman–Crippen LogP) is 3.90. The lowest BCUT2D eigenvalue weighted by Gasteiger charge is -2.20. The summed E-state index contributed by atoms with van der Waals surface area (Å²) in [5.41, 5.74) is 2.34.